The Kier molecular flexibility index (Phi) is 8.26. The average Bonchev–Trinajstić information content (AvgIpc) is 3.43. The van der Waals surface area contributed by atoms with Crippen molar-refractivity contribution in [3.05, 3.63) is 18.0 Å². The predicted octanol–water partition coefficient (Wildman–Crippen LogP) is 5.03. The van der Waals surface area contributed by atoms with Gasteiger partial charge in [0.25, 0.3) is 0 Å². The molecule has 0 bridgehead atoms. The van der Waals surface area contributed by atoms with Crippen LogP contribution in [0.2, 0.25) is 25.7 Å². The zero-order chi connectivity index (χ0) is 25.9. The van der Waals surface area contributed by atoms with Crippen LogP contribution in [0, 0.1) is 0 Å². The molecule has 36 heavy (non-hydrogen) atoms. The summed E-state index contributed by atoms with van der Waals surface area (Å²) < 4.78 is 25.2. The Morgan fingerprint density at radius 1 is 1.19 bits per heavy atom. The lowest BCUT2D eigenvalue weighted by Crippen LogP contribution is -2.41. The Labute approximate surface area is 215 Å². The minimum atomic E-state index is -1.16. The number of rotatable bonds is 8. The number of fused-ring (bicyclic) bond motifs is 1. The van der Waals surface area contributed by atoms with E-state index in [1.54, 1.807) is 11.1 Å². The molecule has 0 aliphatic carbocycles. The number of likely N-dealkylation sites (tertiary alicyclic amines) is 1. The van der Waals surface area contributed by atoms with Crippen molar-refractivity contribution in [1.29, 1.82) is 0 Å². The van der Waals surface area contributed by atoms with Crippen LogP contribution in [0.15, 0.2) is 12.4 Å². The SMILES string of the molecule is CC(C)(C)OC(=O)N1CCC(c2cn(COCC[Si](C)(C)C)c3ncc(O[C@@H]4CCOC4)nc23)CC1. The second-order valence-corrected chi connectivity index (χ2v) is 17.7. The number of amides is 1. The molecule has 2 aromatic heterocycles. The number of aromatic nitrogens is 3. The van der Waals surface area contributed by atoms with Crippen LogP contribution in [-0.4, -0.2) is 78.2 Å². The first kappa shape index (κ1) is 26.9. The number of ether oxygens (including phenoxy) is 4. The van der Waals surface area contributed by atoms with Gasteiger partial charge in [-0.3, -0.25) is 0 Å². The van der Waals surface area contributed by atoms with E-state index in [9.17, 15) is 4.79 Å². The van der Waals surface area contributed by atoms with Crippen molar-refractivity contribution in [2.45, 2.75) is 90.1 Å². The topological polar surface area (TPSA) is 87.9 Å². The van der Waals surface area contributed by atoms with E-state index in [4.69, 9.17) is 28.9 Å². The minimum absolute atomic E-state index is 0.0178. The van der Waals surface area contributed by atoms with Gasteiger partial charge in [0.1, 0.15) is 24.0 Å². The maximum atomic E-state index is 12.5. The Bertz CT molecular complexity index is 1030. The molecule has 4 rings (SSSR count). The smallest absolute Gasteiger partial charge is 0.410 e. The van der Waals surface area contributed by atoms with Crippen LogP contribution >= 0.6 is 0 Å². The molecular formula is C26H42N4O5Si. The summed E-state index contributed by atoms with van der Waals surface area (Å²) in [4.78, 5) is 24.0. The zero-order valence-corrected chi connectivity index (χ0v) is 23.7. The summed E-state index contributed by atoms with van der Waals surface area (Å²) in [7, 11) is -1.16. The van der Waals surface area contributed by atoms with Crippen LogP contribution in [0.1, 0.15) is 51.5 Å². The van der Waals surface area contributed by atoms with Crippen LogP contribution < -0.4 is 4.74 Å². The van der Waals surface area contributed by atoms with Crippen LogP contribution in [0.4, 0.5) is 4.79 Å². The van der Waals surface area contributed by atoms with Gasteiger partial charge in [0, 0.05) is 46.0 Å². The molecule has 0 aromatic carbocycles. The summed E-state index contributed by atoms with van der Waals surface area (Å²) >= 11 is 0. The predicted molar refractivity (Wildman–Crippen MR) is 141 cm³/mol. The minimum Gasteiger partial charge on any atom is -0.471 e. The largest absolute Gasteiger partial charge is 0.471 e. The second-order valence-electron chi connectivity index (χ2n) is 12.1. The molecule has 2 fully saturated rings. The molecule has 0 unspecified atom stereocenters. The van der Waals surface area contributed by atoms with Crippen molar-refractivity contribution >= 4 is 25.3 Å². The molecule has 200 valence electrons. The van der Waals surface area contributed by atoms with E-state index in [0.717, 1.165) is 48.6 Å². The number of hydrogen-bond donors (Lipinski definition) is 0. The molecule has 2 saturated heterocycles. The quantitative estimate of drug-likeness (QED) is 0.358. The van der Waals surface area contributed by atoms with Gasteiger partial charge in [-0.05, 0) is 45.6 Å². The third-order valence-corrected chi connectivity index (χ3v) is 8.26. The zero-order valence-electron chi connectivity index (χ0n) is 22.7. The van der Waals surface area contributed by atoms with E-state index in [2.05, 4.69) is 30.4 Å². The number of hydrogen-bond acceptors (Lipinski definition) is 7. The summed E-state index contributed by atoms with van der Waals surface area (Å²) in [5, 5.41) is 0. The van der Waals surface area contributed by atoms with Crippen molar-refractivity contribution in [1.82, 2.24) is 19.4 Å². The van der Waals surface area contributed by atoms with Crippen LogP contribution in [0.5, 0.6) is 5.88 Å². The third kappa shape index (κ3) is 7.20. The van der Waals surface area contributed by atoms with Crippen molar-refractivity contribution in [3.63, 3.8) is 0 Å². The van der Waals surface area contributed by atoms with Crippen molar-refractivity contribution < 1.29 is 23.7 Å². The summed E-state index contributed by atoms with van der Waals surface area (Å²) in [6.07, 6.45) is 6.17. The highest BCUT2D eigenvalue weighted by Gasteiger charge is 2.30. The van der Waals surface area contributed by atoms with Gasteiger partial charge in [-0.15, -0.1) is 0 Å². The van der Waals surface area contributed by atoms with E-state index >= 15 is 0 Å². The maximum Gasteiger partial charge on any atom is 0.410 e. The van der Waals surface area contributed by atoms with E-state index in [1.807, 2.05) is 20.8 Å². The molecule has 9 nitrogen and oxygen atoms in total. The molecule has 1 atom stereocenters. The van der Waals surface area contributed by atoms with Gasteiger partial charge in [-0.25, -0.2) is 14.8 Å². The summed E-state index contributed by atoms with van der Waals surface area (Å²) in [6, 6.07) is 1.12. The molecule has 0 N–H and O–H groups in total. The van der Waals surface area contributed by atoms with Gasteiger partial charge in [0.05, 0.1) is 19.4 Å². The highest BCUT2D eigenvalue weighted by atomic mass is 28.3. The van der Waals surface area contributed by atoms with Crippen molar-refractivity contribution in [2.75, 3.05) is 32.9 Å². The highest BCUT2D eigenvalue weighted by molar-refractivity contribution is 6.76. The van der Waals surface area contributed by atoms with Crippen LogP contribution in [-0.2, 0) is 20.9 Å². The second kappa shape index (κ2) is 11.1. The van der Waals surface area contributed by atoms with Crippen molar-refractivity contribution in [3.8, 4) is 5.88 Å². The van der Waals surface area contributed by atoms with Gasteiger partial charge in [-0.1, -0.05) is 19.6 Å². The normalized spacial score (nSPS) is 19.7. The molecule has 10 heteroatoms. The van der Waals surface area contributed by atoms with Gasteiger partial charge < -0.3 is 28.4 Å². The van der Waals surface area contributed by atoms with Crippen LogP contribution in [0.25, 0.3) is 11.2 Å². The molecule has 4 heterocycles. The molecule has 1 amide bonds. The van der Waals surface area contributed by atoms with E-state index in [1.165, 1.54) is 0 Å². The van der Waals surface area contributed by atoms with E-state index in [-0.39, 0.29) is 18.1 Å². The van der Waals surface area contributed by atoms with E-state index < -0.39 is 13.7 Å². The molecule has 2 aromatic rings. The fourth-order valence-corrected chi connectivity index (χ4v) is 5.29. The maximum absolute atomic E-state index is 12.5. The molecule has 2 aliphatic rings. The number of carbonyl (C=O) groups is 1. The summed E-state index contributed by atoms with van der Waals surface area (Å²) in [6.45, 7) is 16.6. The first-order valence-electron chi connectivity index (χ1n) is 13.1. The number of carbonyl (C=O) groups excluding carboxylic acids is 1. The fraction of sp³-hybridized carbons (Fsp3) is 0.731. The van der Waals surface area contributed by atoms with Gasteiger partial charge >= 0.3 is 6.09 Å². The monoisotopic (exact) mass is 518 g/mol. The highest BCUT2D eigenvalue weighted by Crippen LogP contribution is 2.34. The Morgan fingerprint density at radius 2 is 1.94 bits per heavy atom. The van der Waals surface area contributed by atoms with Gasteiger partial charge in [0.2, 0.25) is 5.88 Å². The first-order chi connectivity index (χ1) is 17.0. The summed E-state index contributed by atoms with van der Waals surface area (Å²) in [5.41, 5.74) is 2.31. The standard InChI is InChI=1S/C26H42N4O5Si/c1-26(2,3)35-25(31)29-10-7-19(8-11-29)21-16-30(18-33-13-14-36(4,5)6)24-23(21)28-22(15-27-24)34-20-9-12-32-17-20/h15-16,19-20H,7-14,17-18H2,1-6H3/t20-/m1/s1. The van der Waals surface area contributed by atoms with Crippen molar-refractivity contribution in [2.24, 2.45) is 0 Å². The lowest BCUT2D eigenvalue weighted by Gasteiger charge is -2.33. The number of piperidine rings is 1. The van der Waals surface area contributed by atoms with Gasteiger partial charge in [-0.2, -0.15) is 0 Å². The van der Waals surface area contributed by atoms with Gasteiger partial charge in [0.15, 0.2) is 5.65 Å². The Balaban J connectivity index is 1.51. The van der Waals surface area contributed by atoms with E-state index in [0.29, 0.717) is 38.9 Å². The summed E-state index contributed by atoms with van der Waals surface area (Å²) in [5.74, 6) is 0.802. The lowest BCUT2D eigenvalue weighted by molar-refractivity contribution is 0.0205. The Morgan fingerprint density at radius 3 is 2.58 bits per heavy atom. The molecule has 0 spiro atoms. The average molecular weight is 519 g/mol. The Hall–Kier alpha value is -2.17. The van der Waals surface area contributed by atoms with Crippen LogP contribution in [0.3, 0.4) is 0 Å². The molecule has 0 saturated carbocycles. The molecule has 2 aliphatic heterocycles. The fourth-order valence-electron chi connectivity index (χ4n) is 4.53. The number of nitrogens with zero attached hydrogens (tertiary/aromatic N) is 4. The first-order valence-corrected chi connectivity index (χ1v) is 16.8. The lowest BCUT2D eigenvalue weighted by atomic mass is 9.91. The third-order valence-electron chi connectivity index (χ3n) is 6.56. The molecular weight excluding hydrogens is 476 g/mol. The molecule has 0 radical (unpaired) electrons.